The number of amides is 1. The molecule has 0 heterocycles. The maximum Gasteiger partial charge on any atom is 0.238 e. The van der Waals surface area contributed by atoms with Crippen molar-refractivity contribution in [1.29, 1.82) is 0 Å². The molecule has 1 atom stereocenters. The molecule has 0 bridgehead atoms. The Morgan fingerprint density at radius 3 is 2.54 bits per heavy atom. The van der Waals surface area contributed by atoms with Gasteiger partial charge in [0.2, 0.25) is 5.91 Å². The SMILES string of the molecule is NC(=O)C(N)c1cc(F)cc(Cl)c1. The number of primary amides is 1. The van der Waals surface area contributed by atoms with Gasteiger partial charge in [-0.1, -0.05) is 11.6 Å². The summed E-state index contributed by atoms with van der Waals surface area (Å²) in [5, 5.41) is 0.187. The average molecular weight is 203 g/mol. The summed E-state index contributed by atoms with van der Waals surface area (Å²) in [6, 6.07) is 2.63. The van der Waals surface area contributed by atoms with Crippen molar-refractivity contribution in [1.82, 2.24) is 0 Å². The van der Waals surface area contributed by atoms with Gasteiger partial charge in [0.25, 0.3) is 0 Å². The van der Waals surface area contributed by atoms with E-state index < -0.39 is 17.8 Å². The van der Waals surface area contributed by atoms with Crippen LogP contribution < -0.4 is 11.5 Å². The van der Waals surface area contributed by atoms with E-state index in [0.29, 0.717) is 0 Å². The number of carbonyl (C=O) groups excluding carboxylic acids is 1. The normalized spacial score (nSPS) is 12.5. The van der Waals surface area contributed by atoms with Crippen LogP contribution in [0.1, 0.15) is 11.6 Å². The van der Waals surface area contributed by atoms with Gasteiger partial charge in [-0.25, -0.2) is 4.39 Å². The van der Waals surface area contributed by atoms with Crippen molar-refractivity contribution >= 4 is 17.5 Å². The Morgan fingerprint density at radius 2 is 2.08 bits per heavy atom. The molecular formula is C8H8ClFN2O. The zero-order valence-corrected chi connectivity index (χ0v) is 7.38. The van der Waals surface area contributed by atoms with Crippen molar-refractivity contribution in [2.45, 2.75) is 6.04 Å². The van der Waals surface area contributed by atoms with Crippen LogP contribution in [0.15, 0.2) is 18.2 Å². The van der Waals surface area contributed by atoms with Gasteiger partial charge in [0.15, 0.2) is 0 Å². The van der Waals surface area contributed by atoms with Crippen LogP contribution in [-0.2, 0) is 4.79 Å². The Morgan fingerprint density at radius 1 is 1.46 bits per heavy atom. The van der Waals surface area contributed by atoms with Crippen molar-refractivity contribution < 1.29 is 9.18 Å². The minimum absolute atomic E-state index is 0.187. The maximum atomic E-state index is 12.8. The average Bonchev–Trinajstić information content (AvgIpc) is 2.01. The summed E-state index contributed by atoms with van der Waals surface area (Å²) in [5.41, 5.74) is 10.6. The summed E-state index contributed by atoms with van der Waals surface area (Å²) in [6.45, 7) is 0. The zero-order valence-electron chi connectivity index (χ0n) is 6.63. The highest BCUT2D eigenvalue weighted by molar-refractivity contribution is 6.30. The van der Waals surface area contributed by atoms with E-state index in [1.54, 1.807) is 0 Å². The molecule has 0 saturated carbocycles. The molecule has 0 aromatic heterocycles. The van der Waals surface area contributed by atoms with Crippen molar-refractivity contribution in [3.63, 3.8) is 0 Å². The van der Waals surface area contributed by atoms with Gasteiger partial charge in [-0.3, -0.25) is 4.79 Å². The number of hydrogen-bond donors (Lipinski definition) is 2. The highest BCUT2D eigenvalue weighted by Crippen LogP contribution is 2.18. The molecule has 1 aromatic rings. The molecule has 1 unspecified atom stereocenters. The van der Waals surface area contributed by atoms with E-state index in [1.165, 1.54) is 6.07 Å². The summed E-state index contributed by atoms with van der Waals surface area (Å²) in [5.74, 6) is -1.26. The second-order valence-electron chi connectivity index (χ2n) is 2.58. The lowest BCUT2D eigenvalue weighted by atomic mass is 10.1. The molecule has 5 heteroatoms. The zero-order chi connectivity index (χ0) is 10.0. The summed E-state index contributed by atoms with van der Waals surface area (Å²) >= 11 is 5.55. The quantitative estimate of drug-likeness (QED) is 0.750. The third-order valence-corrected chi connectivity index (χ3v) is 1.77. The summed E-state index contributed by atoms with van der Waals surface area (Å²) in [4.78, 5) is 10.7. The van der Waals surface area contributed by atoms with Crippen LogP contribution in [0.4, 0.5) is 4.39 Å². The number of halogens is 2. The molecule has 0 aliphatic rings. The van der Waals surface area contributed by atoms with Gasteiger partial charge in [0.1, 0.15) is 11.9 Å². The van der Waals surface area contributed by atoms with E-state index in [4.69, 9.17) is 23.1 Å². The van der Waals surface area contributed by atoms with Crippen LogP contribution in [0.25, 0.3) is 0 Å². The van der Waals surface area contributed by atoms with Gasteiger partial charge >= 0.3 is 0 Å². The highest BCUT2D eigenvalue weighted by atomic mass is 35.5. The molecule has 1 amide bonds. The van der Waals surface area contributed by atoms with Crippen LogP contribution in [0.5, 0.6) is 0 Å². The lowest BCUT2D eigenvalue weighted by Crippen LogP contribution is -2.28. The largest absolute Gasteiger partial charge is 0.368 e. The van der Waals surface area contributed by atoms with Gasteiger partial charge in [0, 0.05) is 5.02 Å². The minimum Gasteiger partial charge on any atom is -0.368 e. The Balaban J connectivity index is 3.07. The molecule has 1 rings (SSSR count). The van der Waals surface area contributed by atoms with Crippen LogP contribution in [-0.4, -0.2) is 5.91 Å². The molecule has 0 aliphatic carbocycles. The predicted octanol–water partition coefficient (Wildman–Crippen LogP) is 0.964. The molecule has 3 nitrogen and oxygen atoms in total. The number of nitrogens with two attached hydrogens (primary N) is 2. The molecule has 70 valence electrons. The molecule has 1 aromatic carbocycles. The fourth-order valence-corrected chi connectivity index (χ4v) is 1.15. The van der Waals surface area contributed by atoms with Crippen molar-refractivity contribution in [3.8, 4) is 0 Å². The van der Waals surface area contributed by atoms with Crippen LogP contribution in [0, 0.1) is 5.82 Å². The van der Waals surface area contributed by atoms with E-state index in [0.717, 1.165) is 12.1 Å². The second-order valence-corrected chi connectivity index (χ2v) is 3.02. The van der Waals surface area contributed by atoms with Crippen LogP contribution >= 0.6 is 11.6 Å². The van der Waals surface area contributed by atoms with E-state index >= 15 is 0 Å². The first kappa shape index (κ1) is 9.95. The number of benzene rings is 1. The molecule has 13 heavy (non-hydrogen) atoms. The molecule has 0 spiro atoms. The molecule has 0 saturated heterocycles. The summed E-state index contributed by atoms with van der Waals surface area (Å²) < 4.78 is 12.8. The van der Waals surface area contributed by atoms with Gasteiger partial charge < -0.3 is 11.5 Å². The van der Waals surface area contributed by atoms with Crippen LogP contribution in [0.2, 0.25) is 5.02 Å². The van der Waals surface area contributed by atoms with Crippen molar-refractivity contribution in [3.05, 3.63) is 34.6 Å². The highest BCUT2D eigenvalue weighted by Gasteiger charge is 2.13. The number of rotatable bonds is 2. The molecule has 4 N–H and O–H groups in total. The van der Waals surface area contributed by atoms with Gasteiger partial charge in [0.05, 0.1) is 0 Å². The topological polar surface area (TPSA) is 69.1 Å². The van der Waals surface area contributed by atoms with Crippen LogP contribution in [0.3, 0.4) is 0 Å². The first-order valence-electron chi connectivity index (χ1n) is 3.51. The summed E-state index contributed by atoms with van der Waals surface area (Å²) in [7, 11) is 0. The lowest BCUT2D eigenvalue weighted by molar-refractivity contribution is -0.119. The van der Waals surface area contributed by atoms with E-state index in [-0.39, 0.29) is 10.6 Å². The number of carbonyl (C=O) groups is 1. The molecule has 0 fully saturated rings. The third kappa shape index (κ3) is 2.40. The molecule has 0 aliphatic heterocycles. The van der Waals surface area contributed by atoms with Gasteiger partial charge in [-0.2, -0.15) is 0 Å². The third-order valence-electron chi connectivity index (χ3n) is 1.55. The maximum absolute atomic E-state index is 12.8. The van der Waals surface area contributed by atoms with Crippen molar-refractivity contribution in [2.75, 3.05) is 0 Å². The minimum atomic E-state index is -1.02. The van der Waals surface area contributed by atoms with Crippen molar-refractivity contribution in [2.24, 2.45) is 11.5 Å². The monoisotopic (exact) mass is 202 g/mol. The molecular weight excluding hydrogens is 195 g/mol. The summed E-state index contributed by atoms with van der Waals surface area (Å²) in [6.07, 6.45) is 0. The second kappa shape index (κ2) is 3.72. The van der Waals surface area contributed by atoms with E-state index in [2.05, 4.69) is 0 Å². The number of hydrogen-bond acceptors (Lipinski definition) is 2. The standard InChI is InChI=1S/C8H8ClFN2O/c9-5-1-4(2-6(10)3-5)7(11)8(12)13/h1-3,7H,11H2,(H2,12,13). The molecule has 0 radical (unpaired) electrons. The van der Waals surface area contributed by atoms with Gasteiger partial charge in [-0.05, 0) is 23.8 Å². The Hall–Kier alpha value is -1.13. The predicted molar refractivity (Wildman–Crippen MR) is 47.5 cm³/mol. The lowest BCUT2D eigenvalue weighted by Gasteiger charge is -2.07. The Kier molecular flexibility index (Phi) is 2.85. The van der Waals surface area contributed by atoms with E-state index in [1.807, 2.05) is 0 Å². The fraction of sp³-hybridized carbons (Fsp3) is 0.125. The first-order chi connectivity index (χ1) is 6.00. The Bertz CT molecular complexity index is 323. The smallest absolute Gasteiger partial charge is 0.238 e. The van der Waals surface area contributed by atoms with Gasteiger partial charge in [-0.15, -0.1) is 0 Å². The fourth-order valence-electron chi connectivity index (χ4n) is 0.919. The first-order valence-corrected chi connectivity index (χ1v) is 3.89. The Labute approximate surface area is 79.5 Å². The van der Waals surface area contributed by atoms with E-state index in [9.17, 15) is 9.18 Å².